The fraction of sp³-hybridized carbons (Fsp3) is 0.263. The number of nitrogens with zero attached hydrogens (tertiary/aromatic N) is 4. The highest BCUT2D eigenvalue weighted by atomic mass is 16.1. The summed E-state index contributed by atoms with van der Waals surface area (Å²) in [4.78, 5) is 19.3. The Kier molecular flexibility index (Phi) is 4.80. The minimum absolute atomic E-state index is 0.0363. The van der Waals surface area contributed by atoms with Crippen LogP contribution in [0, 0.1) is 0 Å². The highest BCUT2D eigenvalue weighted by molar-refractivity contribution is 5.74. The summed E-state index contributed by atoms with van der Waals surface area (Å²) in [6, 6.07) is 7.79. The Hall–Kier alpha value is -3.26. The molecule has 0 amide bonds. The first-order chi connectivity index (χ1) is 13.2. The smallest absolute Gasteiger partial charge is 0.251 e. The van der Waals surface area contributed by atoms with Crippen molar-refractivity contribution in [2.75, 3.05) is 18.4 Å². The van der Waals surface area contributed by atoms with E-state index < -0.39 is 0 Å². The summed E-state index contributed by atoms with van der Waals surface area (Å²) in [5.74, 6) is 0. The van der Waals surface area contributed by atoms with Crippen LogP contribution in [0.1, 0.15) is 18.1 Å². The van der Waals surface area contributed by atoms with Crippen LogP contribution in [-0.2, 0) is 13.0 Å². The topological polar surface area (TPSA) is 100 Å². The van der Waals surface area contributed by atoms with Crippen LogP contribution in [0.5, 0.6) is 0 Å². The predicted molar refractivity (Wildman–Crippen MR) is 105 cm³/mol. The maximum absolute atomic E-state index is 12.0. The van der Waals surface area contributed by atoms with Crippen molar-refractivity contribution in [1.29, 1.82) is 0 Å². The zero-order chi connectivity index (χ0) is 18.6. The fourth-order valence-electron chi connectivity index (χ4n) is 2.98. The third-order valence-electron chi connectivity index (χ3n) is 4.47. The molecule has 0 saturated carbocycles. The molecule has 4 rings (SSSR count). The minimum Gasteiger partial charge on any atom is -0.384 e. The van der Waals surface area contributed by atoms with E-state index >= 15 is 0 Å². The number of rotatable bonds is 7. The molecule has 0 aliphatic carbocycles. The second kappa shape index (κ2) is 7.55. The maximum atomic E-state index is 12.0. The van der Waals surface area contributed by atoms with Crippen LogP contribution in [0.4, 0.5) is 5.69 Å². The van der Waals surface area contributed by atoms with Gasteiger partial charge >= 0.3 is 0 Å². The SMILES string of the molecule is CCc1cc2ncc(CNCCNc3ccn4cnnc4c3)cc2[nH]c1=O. The average Bonchev–Trinajstić information content (AvgIpc) is 3.15. The monoisotopic (exact) mass is 363 g/mol. The van der Waals surface area contributed by atoms with Gasteiger partial charge in [0.1, 0.15) is 6.33 Å². The first-order valence-electron chi connectivity index (χ1n) is 8.98. The number of aromatic amines is 1. The Bertz CT molecular complexity index is 1130. The van der Waals surface area contributed by atoms with E-state index in [0.717, 1.165) is 46.6 Å². The zero-order valence-corrected chi connectivity index (χ0v) is 15.1. The van der Waals surface area contributed by atoms with Crippen LogP contribution in [0.25, 0.3) is 16.7 Å². The minimum atomic E-state index is -0.0363. The Morgan fingerprint density at radius 1 is 1.22 bits per heavy atom. The zero-order valence-electron chi connectivity index (χ0n) is 15.1. The summed E-state index contributed by atoms with van der Waals surface area (Å²) in [5.41, 5.74) is 5.18. The van der Waals surface area contributed by atoms with E-state index in [1.54, 1.807) is 6.33 Å². The summed E-state index contributed by atoms with van der Waals surface area (Å²) < 4.78 is 1.87. The van der Waals surface area contributed by atoms with Gasteiger partial charge in [0.25, 0.3) is 5.56 Å². The van der Waals surface area contributed by atoms with Crippen molar-refractivity contribution in [2.24, 2.45) is 0 Å². The normalized spacial score (nSPS) is 11.3. The lowest BCUT2D eigenvalue weighted by molar-refractivity contribution is 0.705. The molecule has 0 unspecified atom stereocenters. The second-order valence-electron chi connectivity index (χ2n) is 6.37. The van der Waals surface area contributed by atoms with Gasteiger partial charge in [-0.2, -0.15) is 0 Å². The third-order valence-corrected chi connectivity index (χ3v) is 4.47. The lowest BCUT2D eigenvalue weighted by Crippen LogP contribution is -2.22. The van der Waals surface area contributed by atoms with Crippen LogP contribution in [-0.4, -0.2) is 37.7 Å². The molecule has 0 aliphatic heterocycles. The van der Waals surface area contributed by atoms with Gasteiger partial charge in [-0.3, -0.25) is 14.2 Å². The second-order valence-corrected chi connectivity index (χ2v) is 6.37. The molecule has 0 aliphatic rings. The molecule has 0 bridgehead atoms. The number of hydrogen-bond donors (Lipinski definition) is 3. The molecule has 0 atom stereocenters. The van der Waals surface area contributed by atoms with E-state index in [0.29, 0.717) is 13.0 Å². The highest BCUT2D eigenvalue weighted by Crippen LogP contribution is 2.11. The van der Waals surface area contributed by atoms with Crippen molar-refractivity contribution >= 4 is 22.4 Å². The standard InChI is InChI=1S/C19H21N7O/c1-2-14-8-16-17(24-19(14)27)7-13(11-22-16)10-20-4-5-21-15-3-6-26-12-23-25-18(26)9-15/h3,6-9,11-12,20-21H,2,4-5,10H2,1H3,(H,24,27). The Morgan fingerprint density at radius 2 is 2.15 bits per heavy atom. The number of nitrogens with one attached hydrogen (secondary N) is 3. The number of aryl methyl sites for hydroxylation is 1. The molecule has 4 aromatic rings. The van der Waals surface area contributed by atoms with Gasteiger partial charge in [0.05, 0.1) is 11.0 Å². The molecule has 0 spiro atoms. The fourth-order valence-corrected chi connectivity index (χ4v) is 2.98. The molecule has 8 heteroatoms. The molecule has 0 radical (unpaired) electrons. The Labute approximate surface area is 155 Å². The molecule has 4 heterocycles. The van der Waals surface area contributed by atoms with Crippen LogP contribution in [0.15, 0.2) is 47.8 Å². The lowest BCUT2D eigenvalue weighted by Gasteiger charge is -2.09. The van der Waals surface area contributed by atoms with Crippen molar-refractivity contribution < 1.29 is 0 Å². The summed E-state index contributed by atoms with van der Waals surface area (Å²) in [7, 11) is 0. The van der Waals surface area contributed by atoms with Crippen molar-refractivity contribution in [3.8, 4) is 0 Å². The molecule has 0 aromatic carbocycles. The third kappa shape index (κ3) is 3.80. The molecule has 0 fully saturated rings. The molecule has 3 N–H and O–H groups in total. The summed E-state index contributed by atoms with van der Waals surface area (Å²) in [6.07, 6.45) is 6.15. The van der Waals surface area contributed by atoms with E-state index in [9.17, 15) is 4.79 Å². The van der Waals surface area contributed by atoms with Gasteiger partial charge in [-0.1, -0.05) is 6.92 Å². The van der Waals surface area contributed by atoms with Gasteiger partial charge in [0.2, 0.25) is 0 Å². The van der Waals surface area contributed by atoms with Crippen molar-refractivity contribution in [3.05, 3.63) is 64.5 Å². The van der Waals surface area contributed by atoms with E-state index in [2.05, 4.69) is 30.8 Å². The number of pyridine rings is 3. The molecule has 4 aromatic heterocycles. The molecular weight excluding hydrogens is 342 g/mol. The first kappa shape index (κ1) is 17.2. The molecule has 138 valence electrons. The van der Waals surface area contributed by atoms with Crippen molar-refractivity contribution in [3.63, 3.8) is 0 Å². The van der Waals surface area contributed by atoms with E-state index in [4.69, 9.17) is 0 Å². The number of aromatic nitrogens is 5. The number of H-pyrrole nitrogens is 1. The quantitative estimate of drug-likeness (QED) is 0.433. The lowest BCUT2D eigenvalue weighted by atomic mass is 10.1. The summed E-state index contributed by atoms with van der Waals surface area (Å²) in [6.45, 7) is 4.22. The van der Waals surface area contributed by atoms with Gasteiger partial charge < -0.3 is 15.6 Å². The number of fused-ring (bicyclic) bond motifs is 2. The highest BCUT2D eigenvalue weighted by Gasteiger charge is 2.03. The van der Waals surface area contributed by atoms with Crippen LogP contribution < -0.4 is 16.2 Å². The molecular formula is C19H21N7O. The average molecular weight is 363 g/mol. The molecule has 0 saturated heterocycles. The van der Waals surface area contributed by atoms with Crippen LogP contribution in [0.3, 0.4) is 0 Å². The van der Waals surface area contributed by atoms with E-state index in [1.807, 2.05) is 48.0 Å². The first-order valence-corrected chi connectivity index (χ1v) is 8.98. The van der Waals surface area contributed by atoms with Gasteiger partial charge in [-0.15, -0.1) is 10.2 Å². The Morgan fingerprint density at radius 3 is 3.04 bits per heavy atom. The van der Waals surface area contributed by atoms with Gasteiger partial charge in [-0.25, -0.2) is 0 Å². The molecule has 8 nitrogen and oxygen atoms in total. The Balaban J connectivity index is 1.31. The largest absolute Gasteiger partial charge is 0.384 e. The van der Waals surface area contributed by atoms with Gasteiger partial charge in [-0.05, 0) is 30.2 Å². The van der Waals surface area contributed by atoms with Crippen LogP contribution in [0.2, 0.25) is 0 Å². The van der Waals surface area contributed by atoms with E-state index in [1.165, 1.54) is 0 Å². The number of anilines is 1. The summed E-state index contributed by atoms with van der Waals surface area (Å²) in [5, 5.41) is 14.6. The predicted octanol–water partition coefficient (Wildman–Crippen LogP) is 1.73. The number of hydrogen-bond acceptors (Lipinski definition) is 6. The van der Waals surface area contributed by atoms with Crippen LogP contribution >= 0.6 is 0 Å². The van der Waals surface area contributed by atoms with Crippen molar-refractivity contribution in [1.82, 2.24) is 29.9 Å². The van der Waals surface area contributed by atoms with E-state index in [-0.39, 0.29) is 5.56 Å². The summed E-state index contributed by atoms with van der Waals surface area (Å²) >= 11 is 0. The van der Waals surface area contributed by atoms with Gasteiger partial charge in [0, 0.05) is 49.3 Å². The maximum Gasteiger partial charge on any atom is 0.251 e. The van der Waals surface area contributed by atoms with Crippen molar-refractivity contribution in [2.45, 2.75) is 19.9 Å². The molecule has 27 heavy (non-hydrogen) atoms. The van der Waals surface area contributed by atoms with Gasteiger partial charge in [0.15, 0.2) is 5.65 Å².